The summed E-state index contributed by atoms with van der Waals surface area (Å²) in [5.41, 5.74) is -0.788. The second-order valence-electron chi connectivity index (χ2n) is 4.45. The molecule has 2 aliphatic rings. The van der Waals surface area contributed by atoms with E-state index in [0.29, 0.717) is 0 Å². The molecule has 2 atom stereocenters. The van der Waals surface area contributed by atoms with Gasteiger partial charge in [0.15, 0.2) is 11.4 Å². The van der Waals surface area contributed by atoms with Crippen LogP contribution in [-0.4, -0.2) is 24.7 Å². The lowest BCUT2D eigenvalue weighted by Gasteiger charge is -2.20. The molecule has 0 amide bonds. The van der Waals surface area contributed by atoms with Gasteiger partial charge in [-0.15, -0.1) is 0 Å². The Morgan fingerprint density at radius 2 is 1.29 bits per heavy atom. The van der Waals surface area contributed by atoms with E-state index in [2.05, 4.69) is 10.2 Å². The Hall–Kier alpha value is -0.480. The second-order valence-corrected chi connectivity index (χ2v) is 4.45. The highest BCUT2D eigenvalue weighted by Crippen LogP contribution is 2.31. The van der Waals surface area contributed by atoms with E-state index in [1.54, 1.807) is 0 Å². The summed E-state index contributed by atoms with van der Waals surface area (Å²) in [7, 11) is 0. The van der Waals surface area contributed by atoms with Crippen molar-refractivity contribution in [3.05, 3.63) is 0 Å². The second kappa shape index (κ2) is 3.59. The maximum absolute atomic E-state index is 5.53. The number of azo groups is 1. The molecule has 14 heavy (non-hydrogen) atoms. The molecule has 0 bridgehead atoms. The number of rotatable bonds is 2. The minimum absolute atomic E-state index is 0.394. The lowest BCUT2D eigenvalue weighted by Crippen LogP contribution is -2.24. The van der Waals surface area contributed by atoms with Gasteiger partial charge in [-0.3, -0.25) is 0 Å². The van der Waals surface area contributed by atoms with Crippen LogP contribution in [0.3, 0.4) is 0 Å². The standard InChI is InChI=1S/C10H18N2O2/c1-9(5-3-7-13-9)11-12-10(2)6-4-8-14-10/h3-8H2,1-2H3/b12-11+. The topological polar surface area (TPSA) is 43.2 Å². The number of hydrogen-bond donors (Lipinski definition) is 0. The third-order valence-electron chi connectivity index (χ3n) is 2.87. The van der Waals surface area contributed by atoms with E-state index in [1.807, 2.05) is 13.8 Å². The summed E-state index contributed by atoms with van der Waals surface area (Å²) in [6.45, 7) is 5.57. The molecule has 80 valence electrons. The first-order valence-corrected chi connectivity index (χ1v) is 5.34. The molecule has 0 aromatic heterocycles. The molecule has 0 aromatic rings. The molecule has 2 rings (SSSR count). The van der Waals surface area contributed by atoms with Gasteiger partial charge in [0.25, 0.3) is 0 Å². The van der Waals surface area contributed by atoms with Crippen LogP contribution in [-0.2, 0) is 9.47 Å². The van der Waals surface area contributed by atoms with Crippen molar-refractivity contribution in [1.82, 2.24) is 0 Å². The zero-order valence-electron chi connectivity index (χ0n) is 8.95. The predicted molar refractivity (Wildman–Crippen MR) is 52.0 cm³/mol. The van der Waals surface area contributed by atoms with Crippen LogP contribution in [0.15, 0.2) is 10.2 Å². The summed E-state index contributed by atoms with van der Waals surface area (Å²) in [6, 6.07) is 0. The first kappa shape index (κ1) is 10.1. The quantitative estimate of drug-likeness (QED) is 0.640. The first-order valence-electron chi connectivity index (χ1n) is 5.34. The molecule has 0 N–H and O–H groups in total. The molecule has 2 unspecified atom stereocenters. The summed E-state index contributed by atoms with van der Waals surface area (Å²) in [5, 5.41) is 8.57. The average Bonchev–Trinajstić information content (AvgIpc) is 2.74. The Balaban J connectivity index is 1.98. The number of hydrogen-bond acceptors (Lipinski definition) is 4. The van der Waals surface area contributed by atoms with E-state index in [4.69, 9.17) is 9.47 Å². The van der Waals surface area contributed by atoms with Crippen LogP contribution in [0, 0.1) is 0 Å². The van der Waals surface area contributed by atoms with E-state index in [9.17, 15) is 0 Å². The molecule has 2 saturated heterocycles. The van der Waals surface area contributed by atoms with Crippen molar-refractivity contribution in [1.29, 1.82) is 0 Å². The van der Waals surface area contributed by atoms with Crippen LogP contribution >= 0.6 is 0 Å². The van der Waals surface area contributed by atoms with E-state index >= 15 is 0 Å². The maximum Gasteiger partial charge on any atom is 0.176 e. The van der Waals surface area contributed by atoms with Gasteiger partial charge in [0.05, 0.1) is 0 Å². The SMILES string of the molecule is CC1(/N=N/C2(C)CCCO2)CCCO1. The normalized spacial score (nSPS) is 43.9. The van der Waals surface area contributed by atoms with Crippen molar-refractivity contribution in [2.24, 2.45) is 10.2 Å². The predicted octanol–water partition coefficient (Wildman–Crippen LogP) is 2.49. The summed E-state index contributed by atoms with van der Waals surface area (Å²) < 4.78 is 11.1. The van der Waals surface area contributed by atoms with Gasteiger partial charge in [-0.05, 0) is 26.7 Å². The van der Waals surface area contributed by atoms with E-state index in [0.717, 1.165) is 38.9 Å². The summed E-state index contributed by atoms with van der Waals surface area (Å²) >= 11 is 0. The summed E-state index contributed by atoms with van der Waals surface area (Å²) in [6.07, 6.45) is 4.08. The monoisotopic (exact) mass is 198 g/mol. The van der Waals surface area contributed by atoms with Gasteiger partial charge in [0.2, 0.25) is 0 Å². The van der Waals surface area contributed by atoms with Crippen LogP contribution in [0.25, 0.3) is 0 Å². The molecular weight excluding hydrogens is 180 g/mol. The van der Waals surface area contributed by atoms with Crippen molar-refractivity contribution < 1.29 is 9.47 Å². The summed E-state index contributed by atoms with van der Waals surface area (Å²) in [4.78, 5) is 0. The van der Waals surface area contributed by atoms with Crippen molar-refractivity contribution in [2.45, 2.75) is 51.0 Å². The Labute approximate surface area is 84.7 Å². The van der Waals surface area contributed by atoms with Crippen molar-refractivity contribution in [2.75, 3.05) is 13.2 Å². The minimum Gasteiger partial charge on any atom is -0.352 e. The molecule has 0 spiro atoms. The lowest BCUT2D eigenvalue weighted by molar-refractivity contribution is -0.00976. The lowest BCUT2D eigenvalue weighted by atomic mass is 10.2. The highest BCUT2D eigenvalue weighted by Gasteiger charge is 2.33. The zero-order valence-corrected chi connectivity index (χ0v) is 8.95. The Morgan fingerprint density at radius 3 is 1.57 bits per heavy atom. The van der Waals surface area contributed by atoms with Gasteiger partial charge in [0.1, 0.15) is 0 Å². The highest BCUT2D eigenvalue weighted by molar-refractivity contribution is 4.80. The third kappa shape index (κ3) is 2.12. The maximum atomic E-state index is 5.53. The van der Waals surface area contributed by atoms with Gasteiger partial charge in [-0.25, -0.2) is 0 Å². The molecule has 0 aliphatic carbocycles. The van der Waals surface area contributed by atoms with Crippen molar-refractivity contribution in [3.8, 4) is 0 Å². The molecule has 2 fully saturated rings. The summed E-state index contributed by atoms with van der Waals surface area (Å²) in [5.74, 6) is 0. The molecule has 0 aromatic carbocycles. The molecule has 0 saturated carbocycles. The van der Waals surface area contributed by atoms with Crippen LogP contribution in [0.1, 0.15) is 39.5 Å². The zero-order chi connectivity index (χ0) is 10.1. The Kier molecular flexibility index (Phi) is 2.58. The molecule has 4 heteroatoms. The number of ether oxygens (including phenoxy) is 2. The van der Waals surface area contributed by atoms with Crippen LogP contribution in [0.5, 0.6) is 0 Å². The largest absolute Gasteiger partial charge is 0.352 e. The molecule has 4 nitrogen and oxygen atoms in total. The fourth-order valence-corrected chi connectivity index (χ4v) is 1.90. The van der Waals surface area contributed by atoms with Gasteiger partial charge in [-0.1, -0.05) is 0 Å². The van der Waals surface area contributed by atoms with Crippen LogP contribution in [0.2, 0.25) is 0 Å². The third-order valence-corrected chi connectivity index (χ3v) is 2.87. The molecule has 2 aliphatic heterocycles. The molecular formula is C10H18N2O2. The fraction of sp³-hybridized carbons (Fsp3) is 1.00. The van der Waals surface area contributed by atoms with Gasteiger partial charge in [-0.2, -0.15) is 10.2 Å². The van der Waals surface area contributed by atoms with E-state index in [-0.39, 0.29) is 0 Å². The van der Waals surface area contributed by atoms with E-state index in [1.165, 1.54) is 0 Å². The molecule has 2 heterocycles. The smallest absolute Gasteiger partial charge is 0.176 e. The fourth-order valence-electron chi connectivity index (χ4n) is 1.90. The Morgan fingerprint density at radius 1 is 0.857 bits per heavy atom. The van der Waals surface area contributed by atoms with Crippen molar-refractivity contribution in [3.63, 3.8) is 0 Å². The van der Waals surface area contributed by atoms with Crippen LogP contribution in [0.4, 0.5) is 0 Å². The van der Waals surface area contributed by atoms with Gasteiger partial charge < -0.3 is 9.47 Å². The van der Waals surface area contributed by atoms with Crippen LogP contribution < -0.4 is 0 Å². The first-order chi connectivity index (χ1) is 6.62. The Bertz CT molecular complexity index is 204. The minimum atomic E-state index is -0.394. The highest BCUT2D eigenvalue weighted by atomic mass is 16.5. The molecule has 0 radical (unpaired) electrons. The van der Waals surface area contributed by atoms with Gasteiger partial charge in [0, 0.05) is 26.1 Å². The average molecular weight is 198 g/mol. The van der Waals surface area contributed by atoms with E-state index < -0.39 is 11.4 Å². The van der Waals surface area contributed by atoms with Gasteiger partial charge >= 0.3 is 0 Å². The van der Waals surface area contributed by atoms with Crippen molar-refractivity contribution >= 4 is 0 Å². The number of nitrogens with zero attached hydrogens (tertiary/aromatic N) is 2.